The second-order valence-corrected chi connectivity index (χ2v) is 10.7. The van der Waals surface area contributed by atoms with Crippen LogP contribution < -0.4 is 0 Å². The maximum absolute atomic E-state index is 5.17. The normalized spacial score (nSPS) is 11.2. The highest BCUT2D eigenvalue weighted by molar-refractivity contribution is 6.05. The van der Waals surface area contributed by atoms with Crippen molar-refractivity contribution in [3.05, 3.63) is 158 Å². The first-order valence-corrected chi connectivity index (χ1v) is 14.6. The summed E-state index contributed by atoms with van der Waals surface area (Å²) >= 11 is 0. The predicted octanol–water partition coefficient (Wildman–Crippen LogP) is 9.91. The Morgan fingerprint density at radius 2 is 0.750 bits per heavy atom. The molecule has 0 N–H and O–H groups in total. The first-order valence-electron chi connectivity index (χ1n) is 14.6. The average molecular weight is 563 g/mol. The van der Waals surface area contributed by atoms with Crippen molar-refractivity contribution in [3.63, 3.8) is 0 Å². The summed E-state index contributed by atoms with van der Waals surface area (Å²) in [7, 11) is 0. The number of hydrogen-bond donors (Lipinski definition) is 0. The van der Waals surface area contributed by atoms with Crippen LogP contribution in [0, 0.1) is 0 Å². The van der Waals surface area contributed by atoms with Crippen molar-refractivity contribution in [2.75, 3.05) is 0 Å². The number of benzene rings is 6. The van der Waals surface area contributed by atoms with Crippen molar-refractivity contribution >= 4 is 21.5 Å². The monoisotopic (exact) mass is 562 g/mol. The lowest BCUT2D eigenvalue weighted by Crippen LogP contribution is -2.01. The lowest BCUT2D eigenvalue weighted by atomic mass is 9.95. The number of nitrogens with zero attached hydrogens (tertiary/aromatic N) is 4. The predicted molar refractivity (Wildman–Crippen MR) is 180 cm³/mol. The van der Waals surface area contributed by atoms with Crippen molar-refractivity contribution in [1.82, 2.24) is 19.9 Å². The Bertz CT molecular complexity index is 2170. The molecule has 0 radical (unpaired) electrons. The van der Waals surface area contributed by atoms with Crippen LogP contribution >= 0.6 is 0 Å². The van der Waals surface area contributed by atoms with Crippen molar-refractivity contribution in [1.29, 1.82) is 0 Å². The van der Waals surface area contributed by atoms with Gasteiger partial charge in [-0.1, -0.05) is 133 Å². The van der Waals surface area contributed by atoms with Gasteiger partial charge in [0, 0.05) is 34.6 Å². The van der Waals surface area contributed by atoms with Gasteiger partial charge in [-0.15, -0.1) is 0 Å². The van der Waals surface area contributed by atoms with Gasteiger partial charge < -0.3 is 0 Å². The van der Waals surface area contributed by atoms with E-state index in [4.69, 9.17) is 15.0 Å². The minimum atomic E-state index is 0.638. The van der Waals surface area contributed by atoms with Crippen LogP contribution in [-0.4, -0.2) is 19.9 Å². The van der Waals surface area contributed by atoms with Gasteiger partial charge in [0.2, 0.25) is 0 Å². The summed E-state index contributed by atoms with van der Waals surface area (Å²) in [6.45, 7) is 0. The molecule has 4 heteroatoms. The molecule has 0 aliphatic carbocycles. The van der Waals surface area contributed by atoms with E-state index in [1.807, 2.05) is 48.7 Å². The number of fused-ring (bicyclic) bond motifs is 2. The fourth-order valence-corrected chi connectivity index (χ4v) is 5.98. The summed E-state index contributed by atoms with van der Waals surface area (Å²) in [6, 6.07) is 50.2. The van der Waals surface area contributed by atoms with Crippen LogP contribution in [0.2, 0.25) is 0 Å². The summed E-state index contributed by atoms with van der Waals surface area (Å²) in [5.74, 6) is 1.92. The quantitative estimate of drug-likeness (QED) is 0.209. The molecule has 0 unspecified atom stereocenters. The maximum Gasteiger partial charge on any atom is 0.164 e. The van der Waals surface area contributed by atoms with Crippen LogP contribution in [0.4, 0.5) is 0 Å². The second kappa shape index (κ2) is 11.0. The van der Waals surface area contributed by atoms with Crippen LogP contribution in [-0.2, 0) is 0 Å². The number of pyridine rings is 1. The highest BCUT2D eigenvalue weighted by Gasteiger charge is 2.17. The van der Waals surface area contributed by atoms with Gasteiger partial charge in [-0.3, -0.25) is 4.98 Å². The van der Waals surface area contributed by atoms with E-state index in [9.17, 15) is 0 Å². The molecule has 6 aromatic carbocycles. The summed E-state index contributed by atoms with van der Waals surface area (Å²) in [5, 5.41) is 4.46. The fraction of sp³-hybridized carbons (Fsp3) is 0. The van der Waals surface area contributed by atoms with E-state index in [2.05, 4.69) is 108 Å². The van der Waals surface area contributed by atoms with E-state index in [1.165, 1.54) is 11.1 Å². The van der Waals surface area contributed by atoms with Gasteiger partial charge in [0.05, 0.1) is 0 Å². The van der Waals surface area contributed by atoms with E-state index in [0.717, 1.165) is 49.4 Å². The molecule has 0 amide bonds. The minimum absolute atomic E-state index is 0.638. The maximum atomic E-state index is 5.17. The molecule has 0 spiro atoms. The van der Waals surface area contributed by atoms with Gasteiger partial charge in [-0.05, 0) is 50.4 Å². The summed E-state index contributed by atoms with van der Waals surface area (Å²) < 4.78 is 0. The van der Waals surface area contributed by atoms with Gasteiger partial charge in [-0.25, -0.2) is 15.0 Å². The molecule has 0 aliphatic heterocycles. The Hall–Kier alpha value is -6.00. The molecule has 206 valence electrons. The molecule has 0 saturated carbocycles. The summed E-state index contributed by atoms with van der Waals surface area (Å²) in [4.78, 5) is 19.7. The molecule has 0 atom stereocenters. The Kier molecular flexibility index (Phi) is 6.43. The smallest absolute Gasteiger partial charge is 0.164 e. The molecular weight excluding hydrogens is 536 g/mol. The molecule has 0 bridgehead atoms. The van der Waals surface area contributed by atoms with Crippen LogP contribution in [0.25, 0.3) is 78.0 Å². The number of hydrogen-bond acceptors (Lipinski definition) is 4. The third-order valence-electron chi connectivity index (χ3n) is 8.05. The molecule has 4 nitrogen and oxygen atoms in total. The summed E-state index contributed by atoms with van der Waals surface area (Å²) in [5.41, 5.74) is 7.42. The van der Waals surface area contributed by atoms with E-state index < -0.39 is 0 Å². The molecular formula is C40H26N4. The molecule has 2 heterocycles. The highest BCUT2D eigenvalue weighted by Crippen LogP contribution is 2.37. The molecule has 2 aromatic heterocycles. The highest BCUT2D eigenvalue weighted by atomic mass is 15.0. The van der Waals surface area contributed by atoms with Crippen LogP contribution in [0.15, 0.2) is 158 Å². The lowest BCUT2D eigenvalue weighted by Gasteiger charge is -2.14. The van der Waals surface area contributed by atoms with Gasteiger partial charge in [-0.2, -0.15) is 0 Å². The fourth-order valence-electron chi connectivity index (χ4n) is 5.98. The van der Waals surface area contributed by atoms with Crippen molar-refractivity contribution in [2.24, 2.45) is 0 Å². The number of rotatable bonds is 5. The molecule has 0 fully saturated rings. The zero-order chi connectivity index (χ0) is 29.3. The molecule has 0 aliphatic rings. The largest absolute Gasteiger partial charge is 0.264 e. The first-order chi connectivity index (χ1) is 21.8. The van der Waals surface area contributed by atoms with Crippen molar-refractivity contribution in [3.8, 4) is 56.4 Å². The Labute approximate surface area is 255 Å². The van der Waals surface area contributed by atoms with E-state index >= 15 is 0 Å². The zero-order valence-electron chi connectivity index (χ0n) is 23.8. The Morgan fingerprint density at radius 1 is 0.295 bits per heavy atom. The van der Waals surface area contributed by atoms with Gasteiger partial charge in [0.25, 0.3) is 0 Å². The van der Waals surface area contributed by atoms with E-state index in [0.29, 0.717) is 17.5 Å². The van der Waals surface area contributed by atoms with Crippen LogP contribution in [0.1, 0.15) is 0 Å². The summed E-state index contributed by atoms with van der Waals surface area (Å²) in [6.07, 6.45) is 3.70. The third kappa shape index (κ3) is 4.59. The first kappa shape index (κ1) is 25.7. The molecule has 8 rings (SSSR count). The standard InChI is InChI=1S/C40H26N4/c1-3-12-27(13-4-1)30-19-9-21-35-33(30)20-10-22-36(35)39-42-38(28-14-5-2-6-15-28)43-40(44-39)37-24-23-31(29-16-11-25-41-26-29)32-17-7-8-18-34(32)37/h1-26H. The van der Waals surface area contributed by atoms with Crippen LogP contribution in [0.5, 0.6) is 0 Å². The average Bonchev–Trinajstić information content (AvgIpc) is 3.11. The SMILES string of the molecule is c1ccc(-c2nc(-c3cccc4c(-c5ccccc5)cccc34)nc(-c3ccc(-c4cccnc4)c4ccccc34)n2)cc1. The van der Waals surface area contributed by atoms with Gasteiger partial charge >= 0.3 is 0 Å². The van der Waals surface area contributed by atoms with E-state index in [1.54, 1.807) is 6.20 Å². The van der Waals surface area contributed by atoms with Crippen molar-refractivity contribution < 1.29 is 0 Å². The molecule has 8 aromatic rings. The Morgan fingerprint density at radius 3 is 1.39 bits per heavy atom. The number of aromatic nitrogens is 4. The third-order valence-corrected chi connectivity index (χ3v) is 8.05. The van der Waals surface area contributed by atoms with Gasteiger partial charge in [0.1, 0.15) is 0 Å². The molecule has 44 heavy (non-hydrogen) atoms. The zero-order valence-corrected chi connectivity index (χ0v) is 23.8. The minimum Gasteiger partial charge on any atom is -0.264 e. The van der Waals surface area contributed by atoms with E-state index in [-0.39, 0.29) is 0 Å². The van der Waals surface area contributed by atoms with Crippen LogP contribution in [0.3, 0.4) is 0 Å². The Balaban J connectivity index is 1.37. The van der Waals surface area contributed by atoms with Crippen molar-refractivity contribution in [2.45, 2.75) is 0 Å². The lowest BCUT2D eigenvalue weighted by molar-refractivity contribution is 1.08. The molecule has 0 saturated heterocycles. The topological polar surface area (TPSA) is 51.6 Å². The second-order valence-electron chi connectivity index (χ2n) is 10.7. The van der Waals surface area contributed by atoms with Gasteiger partial charge in [0.15, 0.2) is 17.5 Å².